The number of benzene rings is 15. The molecule has 4 aliphatic rings. The standard InChI is InChI=1S/C84H53BN2/c1-83(2)67-28-15-13-24-56(67)58-35-32-47(42-69(58)83)46-34-38-72-63(40-46)65-41-49(48-33-36-59-57-25-14-16-29-68(57)84(3,4)70(59)43-48)44-71-81(65)86(72)74-30-17-31-75-79(74)85(71)80-77-61-27-12-10-21-53(61)51-19-6-8-23-55(51)64(77)45-66-78-73(87(75)82(66)80)39-37-62-54-22-7-5-18-50(54)52-20-9-11-26-60(52)76(62)78/h5-45H,1-4H3. The highest BCUT2D eigenvalue weighted by Gasteiger charge is 2.44. The Labute approximate surface area is 502 Å². The van der Waals surface area contributed by atoms with E-state index in [4.69, 9.17) is 0 Å². The van der Waals surface area contributed by atoms with Gasteiger partial charge in [0.05, 0.1) is 16.6 Å². The first kappa shape index (κ1) is 46.8. The van der Waals surface area contributed by atoms with E-state index in [0.29, 0.717) is 0 Å². The molecule has 0 amide bonds. The Morgan fingerprint density at radius 3 is 1.32 bits per heavy atom. The van der Waals surface area contributed by atoms with Gasteiger partial charge in [0, 0.05) is 54.7 Å². The molecule has 0 N–H and O–H groups in total. The maximum absolute atomic E-state index is 2.70. The molecule has 0 atom stereocenters. The molecule has 0 saturated carbocycles. The molecule has 0 spiro atoms. The summed E-state index contributed by atoms with van der Waals surface area (Å²) in [5.41, 5.74) is 27.3. The predicted octanol–water partition coefficient (Wildman–Crippen LogP) is 19.9. The van der Waals surface area contributed by atoms with E-state index in [1.807, 2.05) is 0 Å². The third kappa shape index (κ3) is 5.62. The quantitative estimate of drug-likeness (QED) is 0.121. The largest absolute Gasteiger partial charge is 0.310 e. The molecule has 0 radical (unpaired) electrons. The SMILES string of the molecule is CC1(C)c2ccccc2-c2ccc(-c3ccc4c(c3)c3cc(-c5ccc6c(c5)C(C)(C)c5ccccc5-6)cc5c3n4-c3cccc4c3B5c3c5c6ccccc6c6ccccc6c5cc5c6c7c8ccccc8c8ccccc8c7ccc6n-4c35)cc21. The molecular formula is C84H53BN2. The van der Waals surface area contributed by atoms with Crippen LogP contribution in [-0.4, -0.2) is 15.8 Å². The van der Waals surface area contributed by atoms with Crippen LogP contribution in [0.5, 0.6) is 0 Å². The molecule has 15 aromatic carbocycles. The van der Waals surface area contributed by atoms with Crippen molar-refractivity contribution >= 4 is 131 Å². The van der Waals surface area contributed by atoms with E-state index in [0.717, 1.165) is 0 Å². The van der Waals surface area contributed by atoms with E-state index in [1.54, 1.807) is 0 Å². The van der Waals surface area contributed by atoms with Crippen molar-refractivity contribution < 1.29 is 0 Å². The summed E-state index contributed by atoms with van der Waals surface area (Å²) in [6.07, 6.45) is 0. The molecule has 0 fully saturated rings. The van der Waals surface area contributed by atoms with Crippen molar-refractivity contribution in [2.24, 2.45) is 0 Å². The van der Waals surface area contributed by atoms with Crippen LogP contribution in [0.4, 0.5) is 0 Å². The Bertz CT molecular complexity index is 6100. The molecule has 3 heteroatoms. The van der Waals surface area contributed by atoms with Crippen molar-refractivity contribution in [3.63, 3.8) is 0 Å². The van der Waals surface area contributed by atoms with E-state index in [-0.39, 0.29) is 17.5 Å². The lowest BCUT2D eigenvalue weighted by molar-refractivity contribution is 0.660. The van der Waals surface area contributed by atoms with Crippen LogP contribution >= 0.6 is 0 Å². The van der Waals surface area contributed by atoms with Gasteiger partial charge in [-0.25, -0.2) is 0 Å². The van der Waals surface area contributed by atoms with Gasteiger partial charge in [-0.2, -0.15) is 0 Å². The molecule has 2 aliphatic carbocycles. The van der Waals surface area contributed by atoms with Gasteiger partial charge in [-0.3, -0.25) is 0 Å². The summed E-state index contributed by atoms with van der Waals surface area (Å²) in [6.45, 7) is 9.49. The van der Waals surface area contributed by atoms with Crippen LogP contribution in [0.15, 0.2) is 249 Å². The van der Waals surface area contributed by atoms with Crippen molar-refractivity contribution in [1.29, 1.82) is 0 Å². The predicted molar refractivity (Wildman–Crippen MR) is 371 cm³/mol. The molecule has 402 valence electrons. The minimum Gasteiger partial charge on any atom is -0.310 e. The number of hydrogen-bond donors (Lipinski definition) is 0. The average molecular weight is 1100 g/mol. The van der Waals surface area contributed by atoms with E-state index in [2.05, 4.69) is 286 Å². The third-order valence-electron chi connectivity index (χ3n) is 21.8. The first-order valence-electron chi connectivity index (χ1n) is 31.0. The molecule has 0 saturated heterocycles. The number of nitrogens with zero attached hydrogens (tertiary/aromatic N) is 2. The zero-order valence-electron chi connectivity index (χ0n) is 48.6. The molecule has 2 nitrogen and oxygen atoms in total. The fourth-order valence-corrected chi connectivity index (χ4v) is 18.1. The highest BCUT2D eigenvalue weighted by atomic mass is 15.0. The maximum atomic E-state index is 2.70. The summed E-state index contributed by atoms with van der Waals surface area (Å²) in [7, 11) is 0. The van der Waals surface area contributed by atoms with Crippen molar-refractivity contribution in [1.82, 2.24) is 9.13 Å². The second kappa shape index (κ2) is 15.9. The minimum atomic E-state index is -0.151. The Hall–Kier alpha value is -10.5. The molecule has 87 heavy (non-hydrogen) atoms. The molecule has 21 rings (SSSR count). The average Bonchev–Trinajstić information content (AvgIpc) is 1.59. The first-order chi connectivity index (χ1) is 42.7. The van der Waals surface area contributed by atoms with E-state index in [1.165, 1.54) is 203 Å². The highest BCUT2D eigenvalue weighted by Crippen LogP contribution is 2.53. The van der Waals surface area contributed by atoms with Gasteiger partial charge in [0.25, 0.3) is 6.71 Å². The van der Waals surface area contributed by atoms with E-state index in [9.17, 15) is 0 Å². The minimum absolute atomic E-state index is 0.108. The smallest absolute Gasteiger partial charge is 0.253 e. The van der Waals surface area contributed by atoms with Gasteiger partial charge < -0.3 is 9.13 Å². The molecule has 0 unspecified atom stereocenters. The fourth-order valence-electron chi connectivity index (χ4n) is 18.1. The summed E-state index contributed by atoms with van der Waals surface area (Å²) in [6, 6.07) is 96.5. The van der Waals surface area contributed by atoms with Gasteiger partial charge in [0.2, 0.25) is 0 Å². The van der Waals surface area contributed by atoms with Gasteiger partial charge in [0.1, 0.15) is 0 Å². The molecule has 2 aliphatic heterocycles. The number of aromatic nitrogens is 2. The first-order valence-corrected chi connectivity index (χ1v) is 31.0. The van der Waals surface area contributed by atoms with Crippen molar-refractivity contribution in [3.05, 3.63) is 271 Å². The van der Waals surface area contributed by atoms with Crippen LogP contribution in [0.3, 0.4) is 0 Å². The maximum Gasteiger partial charge on any atom is 0.253 e. The van der Waals surface area contributed by atoms with E-state index < -0.39 is 0 Å². The topological polar surface area (TPSA) is 9.86 Å². The van der Waals surface area contributed by atoms with Crippen molar-refractivity contribution in [3.8, 4) is 55.9 Å². The monoisotopic (exact) mass is 1100 g/mol. The molecule has 2 aromatic heterocycles. The van der Waals surface area contributed by atoms with Crippen molar-refractivity contribution in [2.75, 3.05) is 0 Å². The molecular weight excluding hydrogens is 1050 g/mol. The van der Waals surface area contributed by atoms with Crippen LogP contribution < -0.4 is 16.4 Å². The summed E-state index contributed by atoms with van der Waals surface area (Å²) in [5, 5.41) is 20.8. The Morgan fingerprint density at radius 2 is 0.713 bits per heavy atom. The van der Waals surface area contributed by atoms with Crippen LogP contribution in [0.1, 0.15) is 49.9 Å². The number of fused-ring (bicyclic) bond motifs is 30. The lowest BCUT2D eigenvalue weighted by Gasteiger charge is -2.35. The lowest BCUT2D eigenvalue weighted by atomic mass is 9.33. The molecule has 0 bridgehead atoms. The summed E-state index contributed by atoms with van der Waals surface area (Å²) < 4.78 is 5.36. The van der Waals surface area contributed by atoms with Crippen molar-refractivity contribution in [2.45, 2.75) is 38.5 Å². The highest BCUT2D eigenvalue weighted by molar-refractivity contribution is 7.02. The van der Waals surface area contributed by atoms with Crippen LogP contribution in [0, 0.1) is 0 Å². The third-order valence-corrected chi connectivity index (χ3v) is 21.8. The molecule has 4 heterocycles. The lowest BCUT2D eigenvalue weighted by Crippen LogP contribution is -2.59. The van der Waals surface area contributed by atoms with E-state index >= 15 is 0 Å². The Balaban J connectivity index is 0.928. The second-order valence-corrected chi connectivity index (χ2v) is 26.5. The number of hydrogen-bond acceptors (Lipinski definition) is 0. The summed E-state index contributed by atoms with van der Waals surface area (Å²) >= 11 is 0. The van der Waals surface area contributed by atoms with Gasteiger partial charge >= 0.3 is 0 Å². The van der Waals surface area contributed by atoms with Gasteiger partial charge in [-0.15, -0.1) is 0 Å². The zero-order chi connectivity index (χ0) is 57.1. The van der Waals surface area contributed by atoms with Crippen LogP contribution in [0.2, 0.25) is 0 Å². The zero-order valence-corrected chi connectivity index (χ0v) is 48.6. The van der Waals surface area contributed by atoms with Gasteiger partial charge in [-0.05, 0) is 197 Å². The summed E-state index contributed by atoms with van der Waals surface area (Å²) in [5.74, 6) is 0. The fraction of sp³-hybridized carbons (Fsp3) is 0.0714. The number of rotatable bonds is 2. The Kier molecular flexibility index (Phi) is 8.55. The van der Waals surface area contributed by atoms with Gasteiger partial charge in [-0.1, -0.05) is 222 Å². The van der Waals surface area contributed by atoms with Crippen LogP contribution in [0.25, 0.3) is 164 Å². The Morgan fingerprint density at radius 1 is 0.264 bits per heavy atom. The normalized spacial score (nSPS) is 14.6. The van der Waals surface area contributed by atoms with Crippen LogP contribution in [-0.2, 0) is 10.8 Å². The summed E-state index contributed by atoms with van der Waals surface area (Å²) in [4.78, 5) is 0. The molecule has 17 aromatic rings. The second-order valence-electron chi connectivity index (χ2n) is 26.5. The van der Waals surface area contributed by atoms with Gasteiger partial charge in [0.15, 0.2) is 0 Å².